The van der Waals surface area contributed by atoms with Gasteiger partial charge in [0.05, 0.1) is 12.6 Å². The largest absolute Gasteiger partial charge is 0.376 e. The van der Waals surface area contributed by atoms with Crippen LogP contribution in [-0.4, -0.2) is 47.7 Å². The SMILES string of the molecule is CC(=O)N(CC(=O)Nc1ccon1)C[C@@H]1CCCO1. The third-order valence-electron chi connectivity index (χ3n) is 2.93. The average molecular weight is 267 g/mol. The van der Waals surface area contributed by atoms with Crippen LogP contribution >= 0.6 is 0 Å². The van der Waals surface area contributed by atoms with Crippen LogP contribution < -0.4 is 5.32 Å². The number of anilines is 1. The highest BCUT2D eigenvalue weighted by molar-refractivity contribution is 5.93. The van der Waals surface area contributed by atoms with Gasteiger partial charge in [-0.3, -0.25) is 9.59 Å². The van der Waals surface area contributed by atoms with E-state index in [1.165, 1.54) is 24.2 Å². The van der Waals surface area contributed by atoms with Crippen molar-refractivity contribution in [2.75, 3.05) is 25.0 Å². The van der Waals surface area contributed by atoms with Crippen LogP contribution in [0.25, 0.3) is 0 Å². The Morgan fingerprint density at radius 2 is 2.42 bits per heavy atom. The molecule has 1 aromatic heterocycles. The number of amides is 2. The lowest BCUT2D eigenvalue weighted by atomic mass is 10.2. The predicted octanol–water partition coefficient (Wildman–Crippen LogP) is 0.641. The molecule has 1 N–H and O–H groups in total. The predicted molar refractivity (Wildman–Crippen MR) is 66.4 cm³/mol. The van der Waals surface area contributed by atoms with E-state index < -0.39 is 0 Å². The van der Waals surface area contributed by atoms with Crippen molar-refractivity contribution in [3.8, 4) is 0 Å². The van der Waals surface area contributed by atoms with Crippen LogP contribution in [0.1, 0.15) is 19.8 Å². The molecule has 2 heterocycles. The van der Waals surface area contributed by atoms with E-state index in [0.29, 0.717) is 12.4 Å². The lowest BCUT2D eigenvalue weighted by Crippen LogP contribution is -2.41. The van der Waals surface area contributed by atoms with Crippen LogP contribution in [0.2, 0.25) is 0 Å². The first kappa shape index (κ1) is 13.5. The van der Waals surface area contributed by atoms with Crippen LogP contribution in [0.4, 0.5) is 5.82 Å². The Bertz CT molecular complexity index is 426. The summed E-state index contributed by atoms with van der Waals surface area (Å²) < 4.78 is 10.1. The van der Waals surface area contributed by atoms with Crippen molar-refractivity contribution >= 4 is 17.6 Å². The molecule has 7 heteroatoms. The van der Waals surface area contributed by atoms with Gasteiger partial charge in [-0.15, -0.1) is 0 Å². The number of rotatable bonds is 5. The molecule has 19 heavy (non-hydrogen) atoms. The van der Waals surface area contributed by atoms with Crippen LogP contribution in [0, 0.1) is 0 Å². The van der Waals surface area contributed by atoms with Gasteiger partial charge in [0, 0.05) is 26.1 Å². The minimum absolute atomic E-state index is 0.0119. The van der Waals surface area contributed by atoms with E-state index in [1.807, 2.05) is 0 Å². The summed E-state index contributed by atoms with van der Waals surface area (Å²) in [4.78, 5) is 24.8. The van der Waals surface area contributed by atoms with E-state index in [2.05, 4.69) is 15.0 Å². The van der Waals surface area contributed by atoms with Gasteiger partial charge >= 0.3 is 0 Å². The van der Waals surface area contributed by atoms with Gasteiger partial charge in [0.25, 0.3) is 0 Å². The summed E-state index contributed by atoms with van der Waals surface area (Å²) in [6, 6.07) is 1.54. The summed E-state index contributed by atoms with van der Waals surface area (Å²) in [7, 11) is 0. The molecule has 0 radical (unpaired) electrons. The van der Waals surface area contributed by atoms with Crippen molar-refractivity contribution in [3.05, 3.63) is 12.3 Å². The van der Waals surface area contributed by atoms with E-state index in [0.717, 1.165) is 19.4 Å². The zero-order valence-corrected chi connectivity index (χ0v) is 10.8. The first-order valence-corrected chi connectivity index (χ1v) is 6.22. The molecule has 1 fully saturated rings. The molecule has 1 aliphatic heterocycles. The van der Waals surface area contributed by atoms with E-state index in [-0.39, 0.29) is 24.5 Å². The second-order valence-electron chi connectivity index (χ2n) is 4.47. The Morgan fingerprint density at radius 3 is 3.00 bits per heavy atom. The summed E-state index contributed by atoms with van der Waals surface area (Å²) in [5, 5.41) is 6.13. The number of nitrogens with zero attached hydrogens (tertiary/aromatic N) is 2. The molecule has 0 unspecified atom stereocenters. The molecule has 1 aromatic rings. The van der Waals surface area contributed by atoms with E-state index >= 15 is 0 Å². The molecule has 7 nitrogen and oxygen atoms in total. The molecule has 0 saturated carbocycles. The summed E-state index contributed by atoms with van der Waals surface area (Å²) in [5.74, 6) is -0.112. The molecule has 0 aliphatic carbocycles. The van der Waals surface area contributed by atoms with Crippen LogP contribution in [0.5, 0.6) is 0 Å². The van der Waals surface area contributed by atoms with Crippen LogP contribution in [-0.2, 0) is 14.3 Å². The lowest BCUT2D eigenvalue weighted by molar-refractivity contribution is -0.134. The smallest absolute Gasteiger partial charge is 0.245 e. The Morgan fingerprint density at radius 1 is 1.58 bits per heavy atom. The fourth-order valence-corrected chi connectivity index (χ4v) is 1.97. The maximum Gasteiger partial charge on any atom is 0.245 e. The Balaban J connectivity index is 1.85. The highest BCUT2D eigenvalue weighted by Crippen LogP contribution is 2.13. The van der Waals surface area contributed by atoms with Gasteiger partial charge in [-0.2, -0.15) is 0 Å². The molecule has 2 rings (SSSR count). The van der Waals surface area contributed by atoms with E-state index in [4.69, 9.17) is 4.74 Å². The minimum atomic E-state index is -0.304. The van der Waals surface area contributed by atoms with Gasteiger partial charge in [0.1, 0.15) is 6.26 Å². The lowest BCUT2D eigenvalue weighted by Gasteiger charge is -2.23. The fraction of sp³-hybridized carbons (Fsp3) is 0.583. The van der Waals surface area contributed by atoms with Gasteiger partial charge in [0.15, 0.2) is 5.82 Å². The van der Waals surface area contributed by atoms with Gasteiger partial charge < -0.3 is 19.5 Å². The number of nitrogens with one attached hydrogen (secondary N) is 1. The standard InChI is InChI=1S/C12H17N3O4/c1-9(16)15(7-10-3-2-5-18-10)8-12(17)13-11-4-6-19-14-11/h4,6,10H,2-3,5,7-8H2,1H3,(H,13,14,17)/t10-/m0/s1. The molecule has 0 aromatic carbocycles. The summed E-state index contributed by atoms with van der Waals surface area (Å²) in [6.45, 7) is 2.60. The maximum absolute atomic E-state index is 11.8. The quantitative estimate of drug-likeness (QED) is 0.846. The van der Waals surface area contributed by atoms with Crippen LogP contribution in [0.15, 0.2) is 16.9 Å². The second-order valence-corrected chi connectivity index (χ2v) is 4.47. The molecule has 0 spiro atoms. The topological polar surface area (TPSA) is 84.7 Å². The van der Waals surface area contributed by atoms with Gasteiger partial charge in [-0.1, -0.05) is 5.16 Å². The van der Waals surface area contributed by atoms with Gasteiger partial charge in [0.2, 0.25) is 11.8 Å². The van der Waals surface area contributed by atoms with Crippen molar-refractivity contribution in [3.63, 3.8) is 0 Å². The average Bonchev–Trinajstić information content (AvgIpc) is 3.00. The zero-order valence-electron chi connectivity index (χ0n) is 10.8. The van der Waals surface area contributed by atoms with Crippen molar-refractivity contribution in [1.82, 2.24) is 10.1 Å². The molecular weight excluding hydrogens is 250 g/mol. The number of hydrogen-bond acceptors (Lipinski definition) is 5. The normalized spacial score (nSPS) is 18.3. The number of carbonyl (C=O) groups excluding carboxylic acids is 2. The minimum Gasteiger partial charge on any atom is -0.376 e. The highest BCUT2D eigenvalue weighted by Gasteiger charge is 2.22. The highest BCUT2D eigenvalue weighted by atomic mass is 16.5. The number of hydrogen-bond donors (Lipinski definition) is 1. The summed E-state index contributed by atoms with van der Waals surface area (Å²) in [5.41, 5.74) is 0. The monoisotopic (exact) mass is 267 g/mol. The number of carbonyl (C=O) groups is 2. The third-order valence-corrected chi connectivity index (χ3v) is 2.93. The molecular formula is C12H17N3O4. The van der Waals surface area contributed by atoms with E-state index in [9.17, 15) is 9.59 Å². The Labute approximate surface area is 110 Å². The third kappa shape index (κ3) is 4.06. The van der Waals surface area contributed by atoms with Crippen LogP contribution in [0.3, 0.4) is 0 Å². The summed E-state index contributed by atoms with van der Waals surface area (Å²) >= 11 is 0. The molecule has 1 saturated heterocycles. The van der Waals surface area contributed by atoms with E-state index in [1.54, 1.807) is 0 Å². The van der Waals surface area contributed by atoms with Crippen molar-refractivity contribution in [2.24, 2.45) is 0 Å². The molecule has 1 atom stereocenters. The van der Waals surface area contributed by atoms with Crippen molar-refractivity contribution < 1.29 is 18.8 Å². The van der Waals surface area contributed by atoms with Crippen molar-refractivity contribution in [1.29, 1.82) is 0 Å². The number of aromatic nitrogens is 1. The number of ether oxygens (including phenoxy) is 1. The van der Waals surface area contributed by atoms with Crippen molar-refractivity contribution in [2.45, 2.75) is 25.9 Å². The molecule has 1 aliphatic rings. The zero-order chi connectivity index (χ0) is 13.7. The molecule has 2 amide bonds. The Kier molecular flexibility index (Phi) is 4.51. The summed E-state index contributed by atoms with van der Waals surface area (Å²) in [6.07, 6.45) is 3.32. The van der Waals surface area contributed by atoms with Gasteiger partial charge in [-0.05, 0) is 12.8 Å². The molecule has 104 valence electrons. The fourth-order valence-electron chi connectivity index (χ4n) is 1.97. The Hall–Kier alpha value is -1.89. The second kappa shape index (κ2) is 6.33. The molecule has 0 bridgehead atoms. The van der Waals surface area contributed by atoms with Gasteiger partial charge in [-0.25, -0.2) is 0 Å². The first-order chi connectivity index (χ1) is 9.15. The maximum atomic E-state index is 11.8. The first-order valence-electron chi connectivity index (χ1n) is 6.22.